The van der Waals surface area contributed by atoms with Crippen molar-refractivity contribution >= 4 is 23.8 Å². The summed E-state index contributed by atoms with van der Waals surface area (Å²) in [7, 11) is 1.58. The maximum atomic E-state index is 13.2. The number of ether oxygens (including phenoxy) is 2. The van der Waals surface area contributed by atoms with Crippen molar-refractivity contribution in [2.45, 2.75) is 39.3 Å². The van der Waals surface area contributed by atoms with Gasteiger partial charge in [-0.2, -0.15) is 0 Å². The van der Waals surface area contributed by atoms with Gasteiger partial charge in [0.05, 0.1) is 20.3 Å². The second kappa shape index (κ2) is 14.9. The first-order valence-electron chi connectivity index (χ1n) is 14.3. The Balaban J connectivity index is 1.57. The molecule has 2 N–H and O–H groups in total. The number of benzene rings is 2. The molecule has 10 nitrogen and oxygen atoms in total. The Morgan fingerprint density at radius 2 is 1.93 bits per heavy atom. The maximum Gasteiger partial charge on any atom is 0.247 e. The molecule has 0 fully saturated rings. The Morgan fingerprint density at radius 1 is 1.12 bits per heavy atom. The van der Waals surface area contributed by atoms with Crippen LogP contribution in [0.3, 0.4) is 0 Å². The van der Waals surface area contributed by atoms with Crippen LogP contribution in [-0.2, 0) is 20.9 Å². The molecule has 2 heterocycles. The fourth-order valence-electron chi connectivity index (χ4n) is 4.72. The molecule has 1 aromatic heterocycles. The van der Waals surface area contributed by atoms with E-state index in [9.17, 15) is 14.4 Å². The summed E-state index contributed by atoms with van der Waals surface area (Å²) in [4.78, 5) is 45.3. The average molecular weight is 574 g/mol. The lowest BCUT2D eigenvalue weighted by molar-refractivity contribution is -0.134. The highest BCUT2D eigenvalue weighted by Crippen LogP contribution is 2.32. The number of fused-ring (bicyclic) bond motifs is 4. The minimum absolute atomic E-state index is 0.139. The molecule has 0 radical (unpaired) electrons. The lowest BCUT2D eigenvalue weighted by Gasteiger charge is -2.25. The molecular formula is C32H39N5O5. The van der Waals surface area contributed by atoms with Gasteiger partial charge in [0.15, 0.2) is 11.5 Å². The summed E-state index contributed by atoms with van der Waals surface area (Å²) in [6, 6.07) is 14.4. The molecule has 4 rings (SSSR count). The molecule has 3 aromatic rings. The maximum absolute atomic E-state index is 13.2. The van der Waals surface area contributed by atoms with Crippen LogP contribution >= 0.6 is 0 Å². The number of hydrogen-bond donors (Lipinski definition) is 2. The zero-order valence-corrected chi connectivity index (χ0v) is 24.4. The van der Waals surface area contributed by atoms with Gasteiger partial charge in [0, 0.05) is 43.7 Å². The molecule has 222 valence electrons. The van der Waals surface area contributed by atoms with Crippen LogP contribution in [-0.4, -0.2) is 71.6 Å². The second-order valence-electron chi connectivity index (χ2n) is 10.4. The standard InChI is InChI=1S/C32H39N5O5/c1-23(2)30-32(40)34-15-7-17-36-19-16-33-31(36)25-12-13-26(41-3)27(21-25)42-20-8-18-37(22-28(38)35-30)29(39)14-11-24-9-5-4-6-10-24/h4-6,9-14,16,19,21,23,30H,7-8,15,17-18,20,22H2,1-3H3,(H,34,40)(H,35,38)/t30-/m1/s1. The lowest BCUT2D eigenvalue weighted by Crippen LogP contribution is -2.52. The van der Waals surface area contributed by atoms with Crippen molar-refractivity contribution < 1.29 is 23.9 Å². The third-order valence-electron chi connectivity index (χ3n) is 6.97. The molecule has 1 aliphatic rings. The van der Waals surface area contributed by atoms with Crippen LogP contribution in [0.1, 0.15) is 32.3 Å². The van der Waals surface area contributed by atoms with E-state index in [2.05, 4.69) is 15.6 Å². The molecule has 3 amide bonds. The Labute approximate surface area is 246 Å². The van der Waals surface area contributed by atoms with Crippen molar-refractivity contribution in [1.82, 2.24) is 25.1 Å². The van der Waals surface area contributed by atoms with E-state index in [4.69, 9.17) is 9.47 Å². The van der Waals surface area contributed by atoms with Crippen molar-refractivity contribution in [3.05, 3.63) is 72.6 Å². The molecule has 0 aliphatic carbocycles. The quantitative estimate of drug-likeness (QED) is 0.462. The molecular weight excluding hydrogens is 534 g/mol. The van der Waals surface area contributed by atoms with Crippen LogP contribution < -0.4 is 20.1 Å². The van der Waals surface area contributed by atoms with Crippen LogP contribution in [0.25, 0.3) is 17.5 Å². The average Bonchev–Trinajstić information content (AvgIpc) is 3.46. The van der Waals surface area contributed by atoms with E-state index in [1.54, 1.807) is 19.4 Å². The Morgan fingerprint density at radius 3 is 2.69 bits per heavy atom. The van der Waals surface area contributed by atoms with Gasteiger partial charge in [0.2, 0.25) is 17.7 Å². The highest BCUT2D eigenvalue weighted by atomic mass is 16.5. The summed E-state index contributed by atoms with van der Waals surface area (Å²) < 4.78 is 13.6. The SMILES string of the molecule is COc1ccc2cc1OCCCN(C(=O)C=Cc1ccccc1)CC(=O)N[C@H](C(C)C)C(=O)NCCCn1ccnc1-2. The van der Waals surface area contributed by atoms with E-state index < -0.39 is 11.9 Å². The summed E-state index contributed by atoms with van der Waals surface area (Å²) in [5, 5.41) is 5.79. The van der Waals surface area contributed by atoms with E-state index in [1.807, 2.05) is 73.1 Å². The van der Waals surface area contributed by atoms with Crippen molar-refractivity contribution in [3.8, 4) is 22.9 Å². The van der Waals surface area contributed by atoms with E-state index in [-0.39, 0.29) is 30.8 Å². The number of nitrogens with one attached hydrogen (secondary N) is 2. The molecule has 0 spiro atoms. The second-order valence-corrected chi connectivity index (χ2v) is 10.4. The molecule has 0 unspecified atom stereocenters. The smallest absolute Gasteiger partial charge is 0.247 e. The topological polar surface area (TPSA) is 115 Å². The van der Waals surface area contributed by atoms with Gasteiger partial charge in [0.1, 0.15) is 11.9 Å². The fraction of sp³-hybridized carbons (Fsp3) is 0.375. The van der Waals surface area contributed by atoms with E-state index in [0.29, 0.717) is 44.0 Å². The molecule has 2 aromatic carbocycles. The van der Waals surface area contributed by atoms with Crippen molar-refractivity contribution in [2.75, 3.05) is 33.4 Å². The van der Waals surface area contributed by atoms with Crippen LogP contribution in [0, 0.1) is 5.92 Å². The van der Waals surface area contributed by atoms with Gasteiger partial charge in [-0.1, -0.05) is 44.2 Å². The summed E-state index contributed by atoms with van der Waals surface area (Å²) >= 11 is 0. The first-order valence-corrected chi connectivity index (χ1v) is 14.3. The van der Waals surface area contributed by atoms with Crippen LogP contribution in [0.5, 0.6) is 11.5 Å². The van der Waals surface area contributed by atoms with E-state index in [1.165, 1.54) is 11.0 Å². The Hall–Kier alpha value is -4.60. The molecule has 1 atom stereocenters. The number of imidazole rings is 1. The highest BCUT2D eigenvalue weighted by molar-refractivity contribution is 5.95. The number of methoxy groups -OCH3 is 1. The molecule has 10 heteroatoms. The zero-order chi connectivity index (χ0) is 29.9. The lowest BCUT2D eigenvalue weighted by atomic mass is 10.0. The van der Waals surface area contributed by atoms with Gasteiger partial charge < -0.3 is 29.6 Å². The summed E-state index contributed by atoms with van der Waals surface area (Å²) in [5.41, 5.74) is 1.75. The van der Waals surface area contributed by atoms with Gasteiger partial charge in [-0.05, 0) is 48.6 Å². The van der Waals surface area contributed by atoms with Gasteiger partial charge in [0.25, 0.3) is 0 Å². The van der Waals surface area contributed by atoms with Crippen LogP contribution in [0.4, 0.5) is 0 Å². The van der Waals surface area contributed by atoms with Crippen molar-refractivity contribution in [2.24, 2.45) is 5.92 Å². The van der Waals surface area contributed by atoms with Gasteiger partial charge in [-0.3, -0.25) is 14.4 Å². The molecule has 0 saturated carbocycles. The van der Waals surface area contributed by atoms with Gasteiger partial charge in [-0.15, -0.1) is 0 Å². The number of rotatable bonds is 4. The number of aryl methyl sites for hydroxylation is 1. The third-order valence-corrected chi connectivity index (χ3v) is 6.97. The summed E-state index contributed by atoms with van der Waals surface area (Å²) in [5.74, 6) is 0.828. The molecule has 42 heavy (non-hydrogen) atoms. The monoisotopic (exact) mass is 573 g/mol. The van der Waals surface area contributed by atoms with Crippen LogP contribution in [0.15, 0.2) is 67.0 Å². The number of nitrogens with zero attached hydrogens (tertiary/aromatic N) is 3. The van der Waals surface area contributed by atoms with E-state index >= 15 is 0 Å². The number of carbonyl (C=O) groups excluding carboxylic acids is 3. The number of carbonyl (C=O) groups is 3. The minimum atomic E-state index is -0.725. The fourth-order valence-corrected chi connectivity index (χ4v) is 4.72. The van der Waals surface area contributed by atoms with E-state index in [0.717, 1.165) is 17.0 Å². The zero-order valence-electron chi connectivity index (χ0n) is 24.4. The summed E-state index contributed by atoms with van der Waals surface area (Å²) in [6.07, 6.45) is 7.96. The first-order chi connectivity index (χ1) is 20.4. The van der Waals surface area contributed by atoms with Gasteiger partial charge >= 0.3 is 0 Å². The van der Waals surface area contributed by atoms with Crippen molar-refractivity contribution in [3.63, 3.8) is 0 Å². The minimum Gasteiger partial charge on any atom is -0.493 e. The number of aromatic nitrogens is 2. The Bertz CT molecular complexity index is 1380. The predicted molar refractivity (Wildman–Crippen MR) is 161 cm³/mol. The predicted octanol–water partition coefficient (Wildman–Crippen LogP) is 3.53. The van der Waals surface area contributed by atoms with Crippen molar-refractivity contribution in [1.29, 1.82) is 0 Å². The highest BCUT2D eigenvalue weighted by Gasteiger charge is 2.25. The summed E-state index contributed by atoms with van der Waals surface area (Å²) in [6.45, 7) is 5.21. The third kappa shape index (κ3) is 8.22. The normalized spacial score (nSPS) is 17.3. The van der Waals surface area contributed by atoms with Gasteiger partial charge in [-0.25, -0.2) is 4.98 Å². The number of hydrogen-bond acceptors (Lipinski definition) is 6. The first kappa shape index (κ1) is 30.4. The Kier molecular flexibility index (Phi) is 10.7. The largest absolute Gasteiger partial charge is 0.493 e. The van der Waals surface area contributed by atoms with Crippen LogP contribution in [0.2, 0.25) is 0 Å². The molecule has 2 bridgehead atoms. The number of amides is 3. The molecule has 0 saturated heterocycles. The molecule has 1 aliphatic heterocycles.